The molecule has 4 rings (SSSR count). The Labute approximate surface area is 145 Å². The van der Waals surface area contributed by atoms with Crippen LogP contribution in [0.3, 0.4) is 0 Å². The van der Waals surface area contributed by atoms with Crippen LogP contribution >= 0.6 is 11.6 Å². The fourth-order valence-electron chi connectivity index (χ4n) is 4.03. The van der Waals surface area contributed by atoms with E-state index in [0.29, 0.717) is 17.1 Å². The third kappa shape index (κ3) is 3.41. The van der Waals surface area contributed by atoms with E-state index >= 15 is 0 Å². The second-order valence-electron chi connectivity index (χ2n) is 6.80. The summed E-state index contributed by atoms with van der Waals surface area (Å²) in [5.74, 6) is 2.73. The van der Waals surface area contributed by atoms with Gasteiger partial charge in [-0.15, -0.1) is 0 Å². The van der Waals surface area contributed by atoms with Gasteiger partial charge < -0.3 is 14.8 Å². The summed E-state index contributed by atoms with van der Waals surface area (Å²) in [4.78, 5) is 10.7. The van der Waals surface area contributed by atoms with Gasteiger partial charge in [0.2, 0.25) is 0 Å². The molecule has 3 heterocycles. The Balaban J connectivity index is 1.37. The molecule has 0 spiro atoms. The third-order valence-electron chi connectivity index (χ3n) is 5.12. The van der Waals surface area contributed by atoms with Crippen LogP contribution in [0.25, 0.3) is 0 Å². The fraction of sp³-hybridized carbons (Fsp3) is 0.529. The number of likely N-dealkylation sites (tertiary alicyclic amines) is 1. The molecule has 7 heteroatoms. The number of fused-ring (bicyclic) bond motifs is 1. The summed E-state index contributed by atoms with van der Waals surface area (Å²) in [6, 6.07) is 3.74. The van der Waals surface area contributed by atoms with E-state index in [4.69, 9.17) is 16.0 Å². The molecule has 2 N–H and O–H groups in total. The van der Waals surface area contributed by atoms with Crippen LogP contribution in [0.5, 0.6) is 0 Å². The Morgan fingerprint density at radius 3 is 2.79 bits per heavy atom. The molecule has 0 amide bonds. The SMILES string of the molecule is O[C@@H]1C[C@H]2CN(Cc3ccc(Cl)o3)C[C@H]2C[C@H]1Nc1cnccn1. The molecule has 0 aromatic carbocycles. The predicted octanol–water partition coefficient (Wildman–Crippen LogP) is 2.41. The molecule has 1 aliphatic heterocycles. The number of aromatic nitrogens is 2. The van der Waals surface area contributed by atoms with Crippen LogP contribution in [0.15, 0.2) is 35.1 Å². The van der Waals surface area contributed by atoms with Gasteiger partial charge in [-0.05, 0) is 48.4 Å². The molecular formula is C17H21ClN4O2. The van der Waals surface area contributed by atoms with Gasteiger partial charge in [0.05, 0.1) is 24.9 Å². The van der Waals surface area contributed by atoms with Gasteiger partial charge in [0.25, 0.3) is 0 Å². The molecule has 0 radical (unpaired) electrons. The number of aliphatic hydroxyl groups is 1. The van der Waals surface area contributed by atoms with Crippen molar-refractivity contribution in [1.82, 2.24) is 14.9 Å². The number of hydrogen-bond acceptors (Lipinski definition) is 6. The van der Waals surface area contributed by atoms with Crippen LogP contribution in [0.1, 0.15) is 18.6 Å². The first-order valence-corrected chi connectivity index (χ1v) is 8.72. The van der Waals surface area contributed by atoms with Crippen molar-refractivity contribution in [2.75, 3.05) is 18.4 Å². The monoisotopic (exact) mass is 348 g/mol. The van der Waals surface area contributed by atoms with Crippen LogP contribution in [0.4, 0.5) is 5.82 Å². The van der Waals surface area contributed by atoms with E-state index in [2.05, 4.69) is 20.2 Å². The highest BCUT2D eigenvalue weighted by Gasteiger charge is 2.41. The number of rotatable bonds is 4. The first-order valence-electron chi connectivity index (χ1n) is 8.34. The summed E-state index contributed by atoms with van der Waals surface area (Å²) in [5.41, 5.74) is 0. The van der Waals surface area contributed by atoms with Crippen molar-refractivity contribution in [2.24, 2.45) is 11.8 Å². The number of furan rings is 1. The summed E-state index contributed by atoms with van der Waals surface area (Å²) in [5, 5.41) is 14.3. The average Bonchev–Trinajstić information content (AvgIpc) is 3.14. The maximum absolute atomic E-state index is 10.5. The largest absolute Gasteiger partial charge is 0.448 e. The molecule has 128 valence electrons. The van der Waals surface area contributed by atoms with Gasteiger partial charge in [-0.1, -0.05) is 0 Å². The molecule has 2 aromatic heterocycles. The van der Waals surface area contributed by atoms with Crippen LogP contribution in [-0.2, 0) is 6.54 Å². The average molecular weight is 349 g/mol. The Hall–Kier alpha value is -1.63. The first kappa shape index (κ1) is 15.9. The second-order valence-corrected chi connectivity index (χ2v) is 7.17. The predicted molar refractivity (Wildman–Crippen MR) is 90.7 cm³/mol. The molecule has 6 nitrogen and oxygen atoms in total. The van der Waals surface area contributed by atoms with Gasteiger partial charge in [-0.25, -0.2) is 4.98 Å². The molecule has 2 aliphatic rings. The molecule has 1 aliphatic carbocycles. The van der Waals surface area contributed by atoms with Crippen molar-refractivity contribution in [1.29, 1.82) is 0 Å². The van der Waals surface area contributed by atoms with Crippen LogP contribution in [0.2, 0.25) is 5.22 Å². The van der Waals surface area contributed by atoms with Crippen molar-refractivity contribution >= 4 is 17.4 Å². The Morgan fingerprint density at radius 2 is 2.08 bits per heavy atom. The highest BCUT2D eigenvalue weighted by molar-refractivity contribution is 6.28. The van der Waals surface area contributed by atoms with Crippen LogP contribution < -0.4 is 5.32 Å². The van der Waals surface area contributed by atoms with Gasteiger partial charge >= 0.3 is 0 Å². The molecule has 2 fully saturated rings. The first-order chi connectivity index (χ1) is 11.7. The molecule has 0 unspecified atom stereocenters. The minimum atomic E-state index is -0.355. The Morgan fingerprint density at radius 1 is 1.25 bits per heavy atom. The molecule has 1 saturated heterocycles. The Bertz CT molecular complexity index is 680. The van der Waals surface area contributed by atoms with E-state index in [1.165, 1.54) is 0 Å². The van der Waals surface area contributed by atoms with E-state index in [1.807, 2.05) is 6.07 Å². The summed E-state index contributed by atoms with van der Waals surface area (Å²) >= 11 is 5.85. The van der Waals surface area contributed by atoms with E-state index in [1.54, 1.807) is 24.7 Å². The number of halogens is 1. The maximum atomic E-state index is 10.5. The smallest absolute Gasteiger partial charge is 0.193 e. The van der Waals surface area contributed by atoms with Gasteiger partial charge in [0.15, 0.2) is 5.22 Å². The lowest BCUT2D eigenvalue weighted by Crippen LogP contribution is -2.43. The van der Waals surface area contributed by atoms with Gasteiger partial charge in [-0.3, -0.25) is 9.88 Å². The molecule has 4 atom stereocenters. The van der Waals surface area contributed by atoms with Crippen molar-refractivity contribution in [3.8, 4) is 0 Å². The van der Waals surface area contributed by atoms with Crippen molar-refractivity contribution in [3.05, 3.63) is 41.7 Å². The highest BCUT2D eigenvalue weighted by Crippen LogP contribution is 2.38. The number of hydrogen-bond donors (Lipinski definition) is 2. The van der Waals surface area contributed by atoms with E-state index in [0.717, 1.165) is 44.1 Å². The summed E-state index contributed by atoms with van der Waals surface area (Å²) < 4.78 is 5.47. The zero-order valence-electron chi connectivity index (χ0n) is 13.3. The van der Waals surface area contributed by atoms with E-state index < -0.39 is 0 Å². The van der Waals surface area contributed by atoms with Gasteiger partial charge in [-0.2, -0.15) is 0 Å². The Kier molecular flexibility index (Phi) is 4.43. The quantitative estimate of drug-likeness (QED) is 0.883. The number of nitrogens with one attached hydrogen (secondary N) is 1. The zero-order chi connectivity index (χ0) is 16.5. The number of aliphatic hydroxyl groups excluding tert-OH is 1. The van der Waals surface area contributed by atoms with Crippen LogP contribution in [-0.4, -0.2) is 45.2 Å². The standard InChI is InChI=1S/C17H21ClN4O2/c18-16-2-1-13(24-16)10-22-8-11-5-14(15(23)6-12(11)9-22)21-17-7-19-3-4-20-17/h1-4,7,11-12,14-15,23H,5-6,8-10H2,(H,20,21)/t11-,12+,14-,15-/m1/s1. The van der Waals surface area contributed by atoms with Crippen LogP contribution in [0, 0.1) is 11.8 Å². The van der Waals surface area contributed by atoms with Crippen molar-refractivity contribution < 1.29 is 9.52 Å². The normalized spacial score (nSPS) is 30.2. The lowest BCUT2D eigenvalue weighted by atomic mass is 9.77. The van der Waals surface area contributed by atoms with E-state index in [-0.39, 0.29) is 12.1 Å². The third-order valence-corrected chi connectivity index (χ3v) is 5.33. The lowest BCUT2D eigenvalue weighted by Gasteiger charge is -2.35. The molecule has 2 aromatic rings. The molecule has 1 saturated carbocycles. The molecular weight excluding hydrogens is 328 g/mol. The van der Waals surface area contributed by atoms with Gasteiger partial charge in [0, 0.05) is 25.5 Å². The zero-order valence-corrected chi connectivity index (χ0v) is 14.1. The second kappa shape index (κ2) is 6.70. The minimum absolute atomic E-state index is 0.0287. The summed E-state index contributed by atoms with van der Waals surface area (Å²) in [7, 11) is 0. The van der Waals surface area contributed by atoms with Crippen molar-refractivity contribution in [2.45, 2.75) is 31.5 Å². The molecule has 0 bridgehead atoms. The van der Waals surface area contributed by atoms with Gasteiger partial charge in [0.1, 0.15) is 11.6 Å². The fourth-order valence-corrected chi connectivity index (χ4v) is 4.19. The lowest BCUT2D eigenvalue weighted by molar-refractivity contribution is 0.0735. The highest BCUT2D eigenvalue weighted by atomic mass is 35.5. The number of anilines is 1. The van der Waals surface area contributed by atoms with Crippen molar-refractivity contribution in [3.63, 3.8) is 0 Å². The number of nitrogens with zero attached hydrogens (tertiary/aromatic N) is 3. The summed E-state index contributed by atoms with van der Waals surface area (Å²) in [6.45, 7) is 2.80. The molecule has 24 heavy (non-hydrogen) atoms. The minimum Gasteiger partial charge on any atom is -0.448 e. The topological polar surface area (TPSA) is 74.4 Å². The van der Waals surface area contributed by atoms with E-state index in [9.17, 15) is 5.11 Å². The summed E-state index contributed by atoms with van der Waals surface area (Å²) in [6.07, 6.45) is 6.41. The maximum Gasteiger partial charge on any atom is 0.193 e.